The highest BCUT2D eigenvalue weighted by Gasteiger charge is 2.16. The van der Waals surface area contributed by atoms with E-state index in [-0.39, 0.29) is 6.61 Å². The Labute approximate surface area is 112 Å². The molecule has 98 valence electrons. The zero-order valence-electron chi connectivity index (χ0n) is 10.8. The highest BCUT2D eigenvalue weighted by atomic mass is 16.3. The van der Waals surface area contributed by atoms with Crippen LogP contribution in [0.25, 0.3) is 11.4 Å². The van der Waals surface area contributed by atoms with Gasteiger partial charge in [-0.05, 0) is 12.8 Å². The standard InChI is InChI=1S/C15H17N3O/c19-11-13-10-14(18-8-4-5-9-18)17-15(16-13)12-6-2-1-3-7-12/h1-3,6-7,10,19H,4-5,8-9,11H2. The van der Waals surface area contributed by atoms with Gasteiger partial charge in [0.1, 0.15) is 5.82 Å². The predicted molar refractivity (Wildman–Crippen MR) is 74.8 cm³/mol. The van der Waals surface area contributed by atoms with Crippen molar-refractivity contribution in [2.75, 3.05) is 18.0 Å². The van der Waals surface area contributed by atoms with Gasteiger partial charge >= 0.3 is 0 Å². The molecule has 1 aromatic heterocycles. The molecule has 4 heteroatoms. The van der Waals surface area contributed by atoms with Crippen molar-refractivity contribution in [3.8, 4) is 11.4 Å². The first-order valence-electron chi connectivity index (χ1n) is 6.66. The SMILES string of the molecule is OCc1cc(N2CCCC2)nc(-c2ccccc2)n1. The third kappa shape index (κ3) is 2.58. The summed E-state index contributed by atoms with van der Waals surface area (Å²) in [6.45, 7) is 2.02. The van der Waals surface area contributed by atoms with Gasteiger partial charge in [-0.1, -0.05) is 30.3 Å². The largest absolute Gasteiger partial charge is 0.390 e. The quantitative estimate of drug-likeness (QED) is 0.913. The van der Waals surface area contributed by atoms with E-state index >= 15 is 0 Å². The summed E-state index contributed by atoms with van der Waals surface area (Å²) >= 11 is 0. The lowest BCUT2D eigenvalue weighted by atomic mass is 10.2. The summed E-state index contributed by atoms with van der Waals surface area (Å²) in [5.74, 6) is 1.62. The van der Waals surface area contributed by atoms with E-state index in [9.17, 15) is 5.11 Å². The summed E-state index contributed by atoms with van der Waals surface area (Å²) in [7, 11) is 0. The van der Waals surface area contributed by atoms with Crippen molar-refractivity contribution < 1.29 is 5.11 Å². The molecule has 1 aliphatic heterocycles. The fraction of sp³-hybridized carbons (Fsp3) is 0.333. The number of benzene rings is 1. The van der Waals surface area contributed by atoms with E-state index in [2.05, 4.69) is 14.9 Å². The highest BCUT2D eigenvalue weighted by Crippen LogP contribution is 2.22. The van der Waals surface area contributed by atoms with Crippen LogP contribution in [0.2, 0.25) is 0 Å². The molecular weight excluding hydrogens is 238 g/mol. The average molecular weight is 255 g/mol. The monoisotopic (exact) mass is 255 g/mol. The molecule has 19 heavy (non-hydrogen) atoms. The summed E-state index contributed by atoms with van der Waals surface area (Å²) in [4.78, 5) is 11.3. The summed E-state index contributed by atoms with van der Waals surface area (Å²) in [5.41, 5.74) is 1.66. The number of hydrogen-bond donors (Lipinski definition) is 1. The van der Waals surface area contributed by atoms with E-state index in [4.69, 9.17) is 0 Å². The molecule has 0 saturated carbocycles. The Bertz CT molecular complexity index is 551. The van der Waals surface area contributed by atoms with Crippen molar-refractivity contribution in [2.24, 2.45) is 0 Å². The molecule has 0 aliphatic carbocycles. The van der Waals surface area contributed by atoms with Crippen molar-refractivity contribution in [1.29, 1.82) is 0 Å². The molecule has 4 nitrogen and oxygen atoms in total. The van der Waals surface area contributed by atoms with Crippen LogP contribution in [0, 0.1) is 0 Å². The molecule has 0 atom stereocenters. The summed E-state index contributed by atoms with van der Waals surface area (Å²) < 4.78 is 0. The van der Waals surface area contributed by atoms with Gasteiger partial charge in [0.2, 0.25) is 0 Å². The van der Waals surface area contributed by atoms with Crippen LogP contribution in [0.15, 0.2) is 36.4 Å². The van der Waals surface area contributed by atoms with Gasteiger partial charge < -0.3 is 10.0 Å². The van der Waals surface area contributed by atoms with Crippen LogP contribution >= 0.6 is 0 Å². The molecule has 1 fully saturated rings. The Morgan fingerprint density at radius 3 is 2.47 bits per heavy atom. The van der Waals surface area contributed by atoms with E-state index in [1.807, 2.05) is 36.4 Å². The molecule has 0 unspecified atom stereocenters. The fourth-order valence-electron chi connectivity index (χ4n) is 2.39. The Kier molecular flexibility index (Phi) is 3.42. The third-order valence-corrected chi connectivity index (χ3v) is 3.39. The lowest BCUT2D eigenvalue weighted by Gasteiger charge is -2.17. The van der Waals surface area contributed by atoms with Crippen molar-refractivity contribution in [1.82, 2.24) is 9.97 Å². The molecule has 0 bridgehead atoms. The minimum absolute atomic E-state index is 0.0524. The van der Waals surface area contributed by atoms with Gasteiger partial charge in [0, 0.05) is 24.7 Å². The smallest absolute Gasteiger partial charge is 0.161 e. The first kappa shape index (κ1) is 12.1. The van der Waals surface area contributed by atoms with Gasteiger partial charge in [0.15, 0.2) is 5.82 Å². The lowest BCUT2D eigenvalue weighted by Crippen LogP contribution is -2.20. The molecule has 0 amide bonds. The molecular formula is C15H17N3O. The van der Waals surface area contributed by atoms with Crippen LogP contribution < -0.4 is 4.90 Å². The first-order chi connectivity index (χ1) is 9.36. The Morgan fingerprint density at radius 2 is 1.79 bits per heavy atom. The second kappa shape index (κ2) is 5.36. The van der Waals surface area contributed by atoms with Crippen LogP contribution in [-0.2, 0) is 6.61 Å². The minimum atomic E-state index is -0.0524. The van der Waals surface area contributed by atoms with Gasteiger partial charge in [0.25, 0.3) is 0 Å². The molecule has 2 heterocycles. The number of rotatable bonds is 3. The van der Waals surface area contributed by atoms with E-state index in [1.165, 1.54) is 12.8 Å². The van der Waals surface area contributed by atoms with Crippen molar-refractivity contribution in [3.63, 3.8) is 0 Å². The van der Waals surface area contributed by atoms with Gasteiger partial charge in [-0.3, -0.25) is 0 Å². The molecule has 0 spiro atoms. The molecule has 0 radical (unpaired) electrons. The second-order valence-corrected chi connectivity index (χ2v) is 4.76. The maximum absolute atomic E-state index is 9.37. The van der Waals surface area contributed by atoms with E-state index in [1.54, 1.807) is 0 Å². The summed E-state index contributed by atoms with van der Waals surface area (Å²) in [5, 5.41) is 9.37. The highest BCUT2D eigenvalue weighted by molar-refractivity contribution is 5.58. The normalized spacial score (nSPS) is 14.9. The molecule has 1 N–H and O–H groups in total. The van der Waals surface area contributed by atoms with Crippen molar-refractivity contribution in [2.45, 2.75) is 19.4 Å². The molecule has 1 aliphatic rings. The maximum atomic E-state index is 9.37. The zero-order chi connectivity index (χ0) is 13.1. The Morgan fingerprint density at radius 1 is 1.05 bits per heavy atom. The van der Waals surface area contributed by atoms with Gasteiger partial charge in [-0.15, -0.1) is 0 Å². The topological polar surface area (TPSA) is 49.2 Å². The second-order valence-electron chi connectivity index (χ2n) is 4.76. The molecule has 2 aromatic rings. The zero-order valence-corrected chi connectivity index (χ0v) is 10.8. The van der Waals surface area contributed by atoms with Crippen LogP contribution in [0.1, 0.15) is 18.5 Å². The number of aliphatic hydroxyl groups excluding tert-OH is 1. The predicted octanol–water partition coefficient (Wildman–Crippen LogP) is 2.24. The molecule has 3 rings (SSSR count). The van der Waals surface area contributed by atoms with Gasteiger partial charge in [-0.2, -0.15) is 0 Å². The van der Waals surface area contributed by atoms with Crippen LogP contribution in [0.5, 0.6) is 0 Å². The lowest BCUT2D eigenvalue weighted by molar-refractivity contribution is 0.277. The Hall–Kier alpha value is -1.94. The minimum Gasteiger partial charge on any atom is -0.390 e. The number of nitrogens with zero attached hydrogens (tertiary/aromatic N) is 3. The van der Waals surface area contributed by atoms with E-state index in [0.717, 1.165) is 24.5 Å². The fourth-order valence-corrected chi connectivity index (χ4v) is 2.39. The summed E-state index contributed by atoms with van der Waals surface area (Å²) in [6.07, 6.45) is 2.41. The van der Waals surface area contributed by atoms with Crippen molar-refractivity contribution in [3.05, 3.63) is 42.1 Å². The molecule has 1 aromatic carbocycles. The number of aromatic nitrogens is 2. The van der Waals surface area contributed by atoms with Crippen LogP contribution in [0.3, 0.4) is 0 Å². The number of anilines is 1. The van der Waals surface area contributed by atoms with Crippen LogP contribution in [0.4, 0.5) is 5.82 Å². The average Bonchev–Trinajstić information content (AvgIpc) is 3.02. The number of hydrogen-bond acceptors (Lipinski definition) is 4. The van der Waals surface area contributed by atoms with Gasteiger partial charge in [-0.25, -0.2) is 9.97 Å². The van der Waals surface area contributed by atoms with Crippen LogP contribution in [-0.4, -0.2) is 28.2 Å². The third-order valence-electron chi connectivity index (χ3n) is 3.39. The van der Waals surface area contributed by atoms with E-state index < -0.39 is 0 Å². The van der Waals surface area contributed by atoms with Crippen molar-refractivity contribution >= 4 is 5.82 Å². The number of aliphatic hydroxyl groups is 1. The molecule has 1 saturated heterocycles. The van der Waals surface area contributed by atoms with Gasteiger partial charge in [0.05, 0.1) is 12.3 Å². The summed E-state index contributed by atoms with van der Waals surface area (Å²) in [6, 6.07) is 11.8. The van der Waals surface area contributed by atoms with E-state index in [0.29, 0.717) is 11.5 Å². The maximum Gasteiger partial charge on any atom is 0.161 e. The first-order valence-corrected chi connectivity index (χ1v) is 6.66. The Balaban J connectivity index is 2.02.